The lowest BCUT2D eigenvalue weighted by Crippen LogP contribution is -2.40. The highest BCUT2D eigenvalue weighted by Crippen LogP contribution is 2.41. The third-order valence-electron chi connectivity index (χ3n) is 4.64. The van der Waals surface area contributed by atoms with Gasteiger partial charge in [-0.25, -0.2) is 14.2 Å². The van der Waals surface area contributed by atoms with Crippen molar-refractivity contribution in [2.45, 2.75) is 45.2 Å². The molecule has 0 aliphatic heterocycles. The number of aliphatic imine (C=N–C) groups is 1. The van der Waals surface area contributed by atoms with E-state index in [0.29, 0.717) is 23.1 Å². The van der Waals surface area contributed by atoms with Gasteiger partial charge in [0.05, 0.1) is 18.3 Å². The summed E-state index contributed by atoms with van der Waals surface area (Å²) in [7, 11) is 1.69. The number of halogens is 2. The molecule has 2 aromatic rings. The highest BCUT2D eigenvalue weighted by atomic mass is 127. The maximum Gasteiger partial charge on any atom is 0.350 e. The van der Waals surface area contributed by atoms with Crippen LogP contribution in [0, 0.1) is 12.7 Å². The molecule has 0 spiro atoms. The van der Waals surface area contributed by atoms with Crippen molar-refractivity contribution >= 4 is 47.2 Å². The van der Waals surface area contributed by atoms with E-state index in [1.165, 1.54) is 17.4 Å². The standard InChI is InChI=1S/C20H25FN4O2S.HI/c1-5-27-19(26)17-11(2)23-18(28-17)12(3)24-20(22-4)25-16-10-14(16)13-8-6-7-9-15(13)21;/h6-9,12,14,16H,5,10H2,1-4H3,(H2,22,24,25);1H. The molecule has 1 heterocycles. The SMILES string of the molecule is CCOC(=O)c1sc(C(C)NC(=NC)NC2CC2c2ccccc2F)nc1C.I. The van der Waals surface area contributed by atoms with E-state index >= 15 is 0 Å². The predicted molar refractivity (Wildman–Crippen MR) is 124 cm³/mol. The Hall–Kier alpha value is -1.75. The van der Waals surface area contributed by atoms with Gasteiger partial charge in [-0.1, -0.05) is 18.2 Å². The summed E-state index contributed by atoms with van der Waals surface area (Å²) in [6.07, 6.45) is 0.860. The fourth-order valence-electron chi connectivity index (χ4n) is 3.08. The average Bonchev–Trinajstić information content (AvgIpc) is 3.31. The van der Waals surface area contributed by atoms with Crippen molar-refractivity contribution in [1.29, 1.82) is 0 Å². The quantitative estimate of drug-likeness (QED) is 0.253. The Bertz CT molecular complexity index is 889. The molecule has 29 heavy (non-hydrogen) atoms. The Kier molecular flexibility index (Phi) is 8.38. The number of carbonyl (C=O) groups is 1. The maximum absolute atomic E-state index is 13.9. The van der Waals surface area contributed by atoms with E-state index in [4.69, 9.17) is 4.74 Å². The van der Waals surface area contributed by atoms with E-state index < -0.39 is 0 Å². The molecule has 0 saturated heterocycles. The van der Waals surface area contributed by atoms with Crippen LogP contribution >= 0.6 is 35.3 Å². The zero-order chi connectivity index (χ0) is 20.3. The number of hydrogen-bond donors (Lipinski definition) is 2. The molecule has 2 N–H and O–H groups in total. The van der Waals surface area contributed by atoms with Crippen LogP contribution in [0.15, 0.2) is 29.3 Å². The van der Waals surface area contributed by atoms with Crippen LogP contribution in [0.25, 0.3) is 0 Å². The Balaban J connectivity index is 0.00000300. The van der Waals surface area contributed by atoms with Gasteiger partial charge in [-0.15, -0.1) is 35.3 Å². The fourth-order valence-corrected chi connectivity index (χ4v) is 4.04. The third kappa shape index (κ3) is 5.65. The lowest BCUT2D eigenvalue weighted by Gasteiger charge is -2.16. The van der Waals surface area contributed by atoms with Crippen LogP contribution in [0.5, 0.6) is 0 Å². The van der Waals surface area contributed by atoms with Gasteiger partial charge in [0, 0.05) is 19.0 Å². The van der Waals surface area contributed by atoms with Crippen molar-refractivity contribution in [2.24, 2.45) is 4.99 Å². The van der Waals surface area contributed by atoms with Crippen molar-refractivity contribution < 1.29 is 13.9 Å². The maximum atomic E-state index is 13.9. The lowest BCUT2D eigenvalue weighted by molar-refractivity contribution is 0.0531. The monoisotopic (exact) mass is 532 g/mol. The van der Waals surface area contributed by atoms with Crippen LogP contribution in [-0.2, 0) is 4.74 Å². The molecule has 3 unspecified atom stereocenters. The van der Waals surface area contributed by atoms with Crippen molar-refractivity contribution in [3.63, 3.8) is 0 Å². The summed E-state index contributed by atoms with van der Waals surface area (Å²) in [4.78, 5) is 21.3. The second-order valence-electron chi connectivity index (χ2n) is 6.74. The number of rotatable bonds is 6. The number of aromatic nitrogens is 1. The van der Waals surface area contributed by atoms with Crippen LogP contribution in [0.2, 0.25) is 0 Å². The normalized spacial score (nSPS) is 19.1. The lowest BCUT2D eigenvalue weighted by atomic mass is 10.1. The first-order valence-electron chi connectivity index (χ1n) is 9.33. The van der Waals surface area contributed by atoms with Crippen LogP contribution in [0.3, 0.4) is 0 Å². The zero-order valence-electron chi connectivity index (χ0n) is 16.9. The molecule has 1 fully saturated rings. The Morgan fingerprint density at radius 3 is 2.83 bits per heavy atom. The van der Waals surface area contributed by atoms with Crippen LogP contribution in [-0.4, -0.2) is 36.6 Å². The summed E-state index contributed by atoms with van der Waals surface area (Å²) in [5.41, 5.74) is 1.40. The first kappa shape index (κ1) is 23.5. The van der Waals surface area contributed by atoms with Gasteiger partial charge < -0.3 is 15.4 Å². The molecule has 0 radical (unpaired) electrons. The van der Waals surface area contributed by atoms with Gasteiger partial charge in [0.15, 0.2) is 5.96 Å². The summed E-state index contributed by atoms with van der Waals surface area (Å²) in [6.45, 7) is 5.87. The number of nitrogens with one attached hydrogen (secondary N) is 2. The number of nitrogens with zero attached hydrogens (tertiary/aromatic N) is 2. The Labute approximate surface area is 191 Å². The number of guanidine groups is 1. The minimum Gasteiger partial charge on any atom is -0.462 e. The first-order valence-corrected chi connectivity index (χ1v) is 10.1. The second kappa shape index (κ2) is 10.3. The molecular formula is C20H26FIN4O2S. The molecule has 6 nitrogen and oxygen atoms in total. The molecular weight excluding hydrogens is 506 g/mol. The topological polar surface area (TPSA) is 75.6 Å². The van der Waals surface area contributed by atoms with Gasteiger partial charge in [0.2, 0.25) is 0 Å². The summed E-state index contributed by atoms with van der Waals surface area (Å²) in [5, 5.41) is 7.41. The van der Waals surface area contributed by atoms with Crippen molar-refractivity contribution in [1.82, 2.24) is 15.6 Å². The minimum atomic E-state index is -0.343. The zero-order valence-corrected chi connectivity index (χ0v) is 20.0. The Morgan fingerprint density at radius 2 is 2.17 bits per heavy atom. The Morgan fingerprint density at radius 1 is 1.45 bits per heavy atom. The fraction of sp³-hybridized carbons (Fsp3) is 0.450. The van der Waals surface area contributed by atoms with Gasteiger partial charge in [0.1, 0.15) is 15.7 Å². The van der Waals surface area contributed by atoms with Crippen LogP contribution < -0.4 is 10.6 Å². The molecule has 1 aliphatic carbocycles. The molecule has 3 rings (SSSR count). The van der Waals surface area contributed by atoms with E-state index in [0.717, 1.165) is 17.0 Å². The van der Waals surface area contributed by atoms with Crippen molar-refractivity contribution in [3.8, 4) is 0 Å². The summed E-state index contributed by atoms with van der Waals surface area (Å²) in [5.74, 6) is 0.261. The summed E-state index contributed by atoms with van der Waals surface area (Å²) in [6, 6.07) is 6.88. The van der Waals surface area contributed by atoms with E-state index in [1.807, 2.05) is 19.1 Å². The van der Waals surface area contributed by atoms with E-state index in [-0.39, 0.29) is 53.8 Å². The number of aryl methyl sites for hydroxylation is 1. The van der Waals surface area contributed by atoms with Crippen molar-refractivity contribution in [3.05, 3.63) is 51.2 Å². The molecule has 0 amide bonds. The number of benzene rings is 1. The highest BCUT2D eigenvalue weighted by Gasteiger charge is 2.40. The average molecular weight is 532 g/mol. The van der Waals surface area contributed by atoms with Gasteiger partial charge >= 0.3 is 5.97 Å². The van der Waals surface area contributed by atoms with Gasteiger partial charge in [-0.3, -0.25) is 4.99 Å². The largest absolute Gasteiger partial charge is 0.462 e. The number of esters is 1. The minimum absolute atomic E-state index is 0. The van der Waals surface area contributed by atoms with E-state index in [9.17, 15) is 9.18 Å². The number of ether oxygens (including phenoxy) is 1. The molecule has 1 aromatic carbocycles. The third-order valence-corrected chi connectivity index (χ3v) is 5.96. The molecule has 0 bridgehead atoms. The second-order valence-corrected chi connectivity index (χ2v) is 7.77. The number of carbonyl (C=O) groups excluding carboxylic acids is 1. The molecule has 3 atom stereocenters. The van der Waals surface area contributed by atoms with E-state index in [2.05, 4.69) is 20.6 Å². The summed E-state index contributed by atoms with van der Waals surface area (Å²) < 4.78 is 19.0. The van der Waals surface area contributed by atoms with E-state index in [1.54, 1.807) is 27.0 Å². The molecule has 158 valence electrons. The predicted octanol–water partition coefficient (Wildman–Crippen LogP) is 4.17. The number of hydrogen-bond acceptors (Lipinski definition) is 5. The van der Waals surface area contributed by atoms with Crippen LogP contribution in [0.1, 0.15) is 58.2 Å². The molecule has 9 heteroatoms. The van der Waals surface area contributed by atoms with Crippen molar-refractivity contribution in [2.75, 3.05) is 13.7 Å². The molecule has 1 saturated carbocycles. The van der Waals surface area contributed by atoms with Gasteiger partial charge in [-0.2, -0.15) is 0 Å². The molecule has 1 aliphatic rings. The number of thiazole rings is 1. The highest BCUT2D eigenvalue weighted by molar-refractivity contribution is 14.0. The first-order chi connectivity index (χ1) is 13.4. The smallest absolute Gasteiger partial charge is 0.350 e. The summed E-state index contributed by atoms with van der Waals surface area (Å²) >= 11 is 1.32. The van der Waals surface area contributed by atoms with Gasteiger partial charge in [-0.05, 0) is 38.8 Å². The van der Waals surface area contributed by atoms with Crippen LogP contribution in [0.4, 0.5) is 4.39 Å². The molecule has 1 aromatic heterocycles. The van der Waals surface area contributed by atoms with Gasteiger partial charge in [0.25, 0.3) is 0 Å².